The molecule has 1 aromatic heterocycles. The van der Waals surface area contributed by atoms with E-state index in [1.54, 1.807) is 19.5 Å². The van der Waals surface area contributed by atoms with Crippen molar-refractivity contribution in [2.45, 2.75) is 6.42 Å². The topological polar surface area (TPSA) is 70.6 Å². The normalized spacial score (nSPS) is 16.0. The first-order valence-corrected chi connectivity index (χ1v) is 7.29. The predicted octanol–water partition coefficient (Wildman–Crippen LogP) is -0.249. The maximum Gasteiger partial charge on any atom is 0.225 e. The van der Waals surface area contributed by atoms with Gasteiger partial charge >= 0.3 is 0 Å². The summed E-state index contributed by atoms with van der Waals surface area (Å²) in [5, 5.41) is 2.84. The highest BCUT2D eigenvalue weighted by Gasteiger charge is 2.18. The molecule has 0 bridgehead atoms. The van der Waals surface area contributed by atoms with E-state index < -0.39 is 0 Å². The lowest BCUT2D eigenvalue weighted by Crippen LogP contribution is -2.47. The zero-order valence-corrected chi connectivity index (χ0v) is 12.5. The standard InChI is InChI=1S/C14H23N5O2/c1-21-12-6-15-13(20)3-7-18-8-10-19(11-9-18)14-16-4-2-5-17-14/h2,4-5H,3,6-12H2,1H3,(H,15,20). The molecular weight excluding hydrogens is 270 g/mol. The molecule has 0 aliphatic carbocycles. The van der Waals surface area contributed by atoms with E-state index in [4.69, 9.17) is 4.74 Å². The second kappa shape index (κ2) is 8.53. The van der Waals surface area contributed by atoms with Crippen molar-refractivity contribution in [1.82, 2.24) is 20.2 Å². The molecule has 21 heavy (non-hydrogen) atoms. The largest absolute Gasteiger partial charge is 0.383 e. The molecule has 0 unspecified atom stereocenters. The van der Waals surface area contributed by atoms with Crippen LogP contribution >= 0.6 is 0 Å². The Balaban J connectivity index is 1.64. The van der Waals surface area contributed by atoms with Crippen LogP contribution in [0.5, 0.6) is 0 Å². The molecule has 1 aromatic rings. The van der Waals surface area contributed by atoms with E-state index in [2.05, 4.69) is 25.1 Å². The van der Waals surface area contributed by atoms with Crippen molar-refractivity contribution < 1.29 is 9.53 Å². The first-order valence-electron chi connectivity index (χ1n) is 7.29. The lowest BCUT2D eigenvalue weighted by molar-refractivity contribution is -0.121. The fourth-order valence-corrected chi connectivity index (χ4v) is 2.27. The molecule has 0 saturated carbocycles. The Morgan fingerprint density at radius 2 is 2.00 bits per heavy atom. The third-order valence-electron chi connectivity index (χ3n) is 3.49. The Morgan fingerprint density at radius 3 is 2.67 bits per heavy atom. The van der Waals surface area contributed by atoms with Gasteiger partial charge in [-0.25, -0.2) is 9.97 Å². The van der Waals surface area contributed by atoms with Crippen molar-refractivity contribution >= 4 is 11.9 Å². The number of methoxy groups -OCH3 is 1. The fourth-order valence-electron chi connectivity index (χ4n) is 2.27. The number of piperazine rings is 1. The highest BCUT2D eigenvalue weighted by molar-refractivity contribution is 5.76. The Morgan fingerprint density at radius 1 is 1.29 bits per heavy atom. The zero-order chi connectivity index (χ0) is 14.9. The second-order valence-corrected chi connectivity index (χ2v) is 4.97. The van der Waals surface area contributed by atoms with Gasteiger partial charge in [0, 0.05) is 65.2 Å². The van der Waals surface area contributed by atoms with Crippen LogP contribution in [0.25, 0.3) is 0 Å². The predicted molar refractivity (Wildman–Crippen MR) is 80.2 cm³/mol. The van der Waals surface area contributed by atoms with Gasteiger partial charge in [0.25, 0.3) is 0 Å². The summed E-state index contributed by atoms with van der Waals surface area (Å²) in [5.41, 5.74) is 0. The summed E-state index contributed by atoms with van der Waals surface area (Å²) in [6, 6.07) is 1.82. The first kappa shape index (κ1) is 15.7. The number of rotatable bonds is 7. The quantitative estimate of drug-likeness (QED) is 0.699. The summed E-state index contributed by atoms with van der Waals surface area (Å²) >= 11 is 0. The molecule has 0 radical (unpaired) electrons. The van der Waals surface area contributed by atoms with Crippen LogP contribution in [0, 0.1) is 0 Å². The van der Waals surface area contributed by atoms with Gasteiger partial charge in [0.2, 0.25) is 11.9 Å². The van der Waals surface area contributed by atoms with Gasteiger partial charge in [-0.2, -0.15) is 0 Å². The van der Waals surface area contributed by atoms with E-state index in [0.717, 1.165) is 38.7 Å². The lowest BCUT2D eigenvalue weighted by Gasteiger charge is -2.34. The molecule has 1 saturated heterocycles. The first-order chi connectivity index (χ1) is 10.3. The number of aromatic nitrogens is 2. The van der Waals surface area contributed by atoms with Crippen LogP contribution in [0.15, 0.2) is 18.5 Å². The van der Waals surface area contributed by atoms with E-state index >= 15 is 0 Å². The van der Waals surface area contributed by atoms with E-state index in [1.807, 2.05) is 6.07 Å². The Kier molecular flexibility index (Phi) is 6.36. The van der Waals surface area contributed by atoms with E-state index in [-0.39, 0.29) is 5.91 Å². The summed E-state index contributed by atoms with van der Waals surface area (Å²) in [6.07, 6.45) is 4.06. The Labute approximate surface area is 125 Å². The van der Waals surface area contributed by atoms with Crippen molar-refractivity contribution in [3.05, 3.63) is 18.5 Å². The van der Waals surface area contributed by atoms with Gasteiger partial charge in [0.05, 0.1) is 6.61 Å². The fraction of sp³-hybridized carbons (Fsp3) is 0.643. The van der Waals surface area contributed by atoms with Gasteiger partial charge in [-0.3, -0.25) is 9.69 Å². The summed E-state index contributed by atoms with van der Waals surface area (Å²) in [7, 11) is 1.63. The average Bonchev–Trinajstić information content (AvgIpc) is 2.54. The number of ether oxygens (including phenoxy) is 1. The number of carbonyl (C=O) groups is 1. The van der Waals surface area contributed by atoms with Crippen molar-refractivity contribution in [3.8, 4) is 0 Å². The number of amides is 1. The summed E-state index contributed by atoms with van der Waals surface area (Å²) < 4.78 is 4.90. The minimum atomic E-state index is 0.0841. The van der Waals surface area contributed by atoms with E-state index in [9.17, 15) is 4.79 Å². The van der Waals surface area contributed by atoms with Crippen LogP contribution in [0.1, 0.15) is 6.42 Å². The van der Waals surface area contributed by atoms with Gasteiger partial charge in [0.15, 0.2) is 0 Å². The third kappa shape index (κ3) is 5.28. The Hall–Kier alpha value is -1.73. The molecule has 1 amide bonds. The number of hydrogen-bond donors (Lipinski definition) is 1. The molecular formula is C14H23N5O2. The third-order valence-corrected chi connectivity index (χ3v) is 3.49. The smallest absolute Gasteiger partial charge is 0.225 e. The number of nitrogens with zero attached hydrogens (tertiary/aromatic N) is 4. The number of nitrogens with one attached hydrogen (secondary N) is 1. The van der Waals surface area contributed by atoms with Crippen LogP contribution < -0.4 is 10.2 Å². The van der Waals surface area contributed by atoms with Crippen LogP contribution in [0.4, 0.5) is 5.95 Å². The van der Waals surface area contributed by atoms with Crippen LogP contribution in [0.2, 0.25) is 0 Å². The molecule has 0 atom stereocenters. The molecule has 7 heteroatoms. The van der Waals surface area contributed by atoms with Crippen LogP contribution in [-0.2, 0) is 9.53 Å². The molecule has 1 aliphatic heterocycles. The monoisotopic (exact) mass is 293 g/mol. The van der Waals surface area contributed by atoms with Crippen molar-refractivity contribution in [2.24, 2.45) is 0 Å². The van der Waals surface area contributed by atoms with Gasteiger partial charge in [-0.1, -0.05) is 0 Å². The highest BCUT2D eigenvalue weighted by Crippen LogP contribution is 2.09. The van der Waals surface area contributed by atoms with Crippen molar-refractivity contribution in [3.63, 3.8) is 0 Å². The van der Waals surface area contributed by atoms with Crippen molar-refractivity contribution in [2.75, 3.05) is 57.9 Å². The molecule has 116 valence electrons. The molecule has 0 aromatic carbocycles. The van der Waals surface area contributed by atoms with Gasteiger partial charge in [0.1, 0.15) is 0 Å². The van der Waals surface area contributed by atoms with Crippen LogP contribution in [0.3, 0.4) is 0 Å². The summed E-state index contributed by atoms with van der Waals surface area (Å²) in [4.78, 5) is 24.6. The number of carbonyl (C=O) groups excluding carboxylic acids is 1. The SMILES string of the molecule is COCCNC(=O)CCN1CCN(c2ncccn2)CC1. The lowest BCUT2D eigenvalue weighted by atomic mass is 10.3. The maximum atomic E-state index is 11.6. The minimum absolute atomic E-state index is 0.0841. The van der Waals surface area contributed by atoms with E-state index in [1.165, 1.54) is 0 Å². The summed E-state index contributed by atoms with van der Waals surface area (Å²) in [6.45, 7) is 5.59. The molecule has 1 fully saturated rings. The summed E-state index contributed by atoms with van der Waals surface area (Å²) in [5.74, 6) is 0.871. The molecule has 7 nitrogen and oxygen atoms in total. The Bertz CT molecular complexity index is 421. The molecule has 2 rings (SSSR count). The molecule has 2 heterocycles. The zero-order valence-electron chi connectivity index (χ0n) is 12.5. The van der Waals surface area contributed by atoms with Crippen molar-refractivity contribution in [1.29, 1.82) is 0 Å². The van der Waals surface area contributed by atoms with Gasteiger partial charge in [-0.05, 0) is 6.07 Å². The molecule has 0 spiro atoms. The highest BCUT2D eigenvalue weighted by atomic mass is 16.5. The molecule has 1 aliphatic rings. The second-order valence-electron chi connectivity index (χ2n) is 4.97. The van der Waals surface area contributed by atoms with Gasteiger partial charge in [-0.15, -0.1) is 0 Å². The van der Waals surface area contributed by atoms with E-state index in [0.29, 0.717) is 19.6 Å². The maximum absolute atomic E-state index is 11.6. The number of anilines is 1. The van der Waals surface area contributed by atoms with Gasteiger partial charge < -0.3 is 15.0 Å². The number of hydrogen-bond acceptors (Lipinski definition) is 6. The minimum Gasteiger partial charge on any atom is -0.383 e. The average molecular weight is 293 g/mol. The molecule has 1 N–H and O–H groups in total. The van der Waals surface area contributed by atoms with Crippen LogP contribution in [-0.4, -0.2) is 73.8 Å².